The summed E-state index contributed by atoms with van der Waals surface area (Å²) in [6.45, 7) is 0.589. The molecule has 0 bridgehead atoms. The predicted octanol–water partition coefficient (Wildman–Crippen LogP) is 3.88. The van der Waals surface area contributed by atoms with Gasteiger partial charge in [-0.2, -0.15) is 13.2 Å². The molecule has 92 valence electrons. The van der Waals surface area contributed by atoms with E-state index in [9.17, 15) is 13.2 Å². The maximum atomic E-state index is 12.3. The Morgan fingerprint density at radius 2 is 2.18 bits per heavy atom. The summed E-state index contributed by atoms with van der Waals surface area (Å²) in [5.74, 6) is 0. The number of hydrogen-bond acceptors (Lipinski definition) is 4. The second kappa shape index (κ2) is 5.05. The molecule has 0 atom stereocenters. The molecule has 2 rings (SSSR count). The summed E-state index contributed by atoms with van der Waals surface area (Å²) in [6.07, 6.45) is -2.65. The first-order valence-electron chi connectivity index (χ1n) is 4.85. The van der Waals surface area contributed by atoms with Gasteiger partial charge in [0.25, 0.3) is 0 Å². The van der Waals surface area contributed by atoms with E-state index in [0.29, 0.717) is 23.0 Å². The van der Waals surface area contributed by atoms with Crippen LogP contribution in [0.1, 0.15) is 9.75 Å². The number of aromatic nitrogens is 1. The van der Waals surface area contributed by atoms with Crippen LogP contribution < -0.4 is 5.32 Å². The highest BCUT2D eigenvalue weighted by Crippen LogP contribution is 2.34. The Morgan fingerprint density at radius 3 is 2.76 bits per heavy atom. The molecule has 0 unspecified atom stereocenters. The lowest BCUT2D eigenvalue weighted by molar-refractivity contribution is -0.134. The Labute approximate surface area is 104 Å². The number of nitrogens with zero attached hydrogens (tertiary/aromatic N) is 1. The van der Waals surface area contributed by atoms with Gasteiger partial charge in [-0.05, 0) is 17.9 Å². The van der Waals surface area contributed by atoms with Crippen LogP contribution in [0.2, 0.25) is 0 Å². The van der Waals surface area contributed by atoms with E-state index in [2.05, 4.69) is 10.3 Å². The minimum Gasteiger partial charge on any atom is -0.361 e. The van der Waals surface area contributed by atoms with Crippen LogP contribution in [0.5, 0.6) is 0 Å². The molecule has 2 nitrogen and oxygen atoms in total. The summed E-state index contributed by atoms with van der Waals surface area (Å²) in [7, 11) is 0. The van der Waals surface area contributed by atoms with Crippen LogP contribution in [-0.4, -0.2) is 11.5 Å². The summed E-state index contributed by atoms with van der Waals surface area (Å²) in [6, 6.07) is 3.94. The van der Waals surface area contributed by atoms with E-state index in [4.69, 9.17) is 0 Å². The fourth-order valence-corrected chi connectivity index (χ4v) is 2.65. The standard InChI is InChI=1S/C10H9F3N2S2/c11-10(12,13)8-6-15-9(17-8)14-4-3-7-2-1-5-16-7/h1-2,5-6H,3-4H2,(H,14,15). The molecule has 0 aromatic carbocycles. The average molecular weight is 278 g/mol. The van der Waals surface area contributed by atoms with E-state index in [1.807, 2.05) is 17.5 Å². The van der Waals surface area contributed by atoms with Gasteiger partial charge in [-0.15, -0.1) is 11.3 Å². The van der Waals surface area contributed by atoms with Gasteiger partial charge in [0, 0.05) is 11.4 Å². The number of nitrogens with one attached hydrogen (secondary N) is 1. The molecule has 0 aliphatic rings. The van der Waals surface area contributed by atoms with Crippen molar-refractivity contribution in [1.29, 1.82) is 0 Å². The van der Waals surface area contributed by atoms with E-state index in [0.717, 1.165) is 12.6 Å². The van der Waals surface area contributed by atoms with Crippen molar-refractivity contribution in [3.8, 4) is 0 Å². The van der Waals surface area contributed by atoms with Crippen molar-refractivity contribution in [1.82, 2.24) is 4.98 Å². The molecule has 2 heterocycles. The largest absolute Gasteiger partial charge is 0.427 e. The van der Waals surface area contributed by atoms with Gasteiger partial charge in [-0.1, -0.05) is 17.4 Å². The maximum absolute atomic E-state index is 12.3. The minimum atomic E-state index is -4.30. The smallest absolute Gasteiger partial charge is 0.361 e. The summed E-state index contributed by atoms with van der Waals surface area (Å²) < 4.78 is 36.9. The number of thiophene rings is 1. The van der Waals surface area contributed by atoms with Gasteiger partial charge in [-0.3, -0.25) is 0 Å². The summed E-state index contributed by atoms with van der Waals surface area (Å²) in [5.41, 5.74) is 0. The Bertz CT molecular complexity index is 462. The van der Waals surface area contributed by atoms with Crippen LogP contribution in [0.4, 0.5) is 18.3 Å². The van der Waals surface area contributed by atoms with Crippen molar-refractivity contribution < 1.29 is 13.2 Å². The molecule has 2 aromatic rings. The van der Waals surface area contributed by atoms with Gasteiger partial charge in [0.1, 0.15) is 4.88 Å². The van der Waals surface area contributed by atoms with Crippen molar-refractivity contribution in [3.05, 3.63) is 33.5 Å². The van der Waals surface area contributed by atoms with Crippen molar-refractivity contribution >= 4 is 27.8 Å². The third-order valence-corrected chi connectivity index (χ3v) is 3.95. The van der Waals surface area contributed by atoms with Crippen LogP contribution in [0, 0.1) is 0 Å². The van der Waals surface area contributed by atoms with Crippen LogP contribution in [0.15, 0.2) is 23.7 Å². The van der Waals surface area contributed by atoms with E-state index >= 15 is 0 Å². The highest BCUT2D eigenvalue weighted by Gasteiger charge is 2.33. The molecule has 0 saturated carbocycles. The number of thiazole rings is 1. The number of alkyl halides is 3. The first-order chi connectivity index (χ1) is 8.05. The van der Waals surface area contributed by atoms with Gasteiger partial charge in [0.05, 0.1) is 6.20 Å². The lowest BCUT2D eigenvalue weighted by atomic mass is 10.3. The zero-order chi connectivity index (χ0) is 12.3. The number of hydrogen-bond donors (Lipinski definition) is 1. The molecule has 7 heteroatoms. The Kier molecular flexibility index (Phi) is 3.68. The molecule has 0 radical (unpaired) electrons. The highest BCUT2D eigenvalue weighted by molar-refractivity contribution is 7.15. The molecule has 0 spiro atoms. The number of rotatable bonds is 4. The monoisotopic (exact) mass is 278 g/mol. The molecule has 0 aliphatic heterocycles. The lowest BCUT2D eigenvalue weighted by Crippen LogP contribution is -2.03. The first-order valence-corrected chi connectivity index (χ1v) is 6.54. The van der Waals surface area contributed by atoms with Gasteiger partial charge in [-0.25, -0.2) is 4.98 Å². The van der Waals surface area contributed by atoms with Crippen molar-refractivity contribution in [2.24, 2.45) is 0 Å². The lowest BCUT2D eigenvalue weighted by Gasteiger charge is -2.01. The van der Waals surface area contributed by atoms with Crippen molar-refractivity contribution in [3.63, 3.8) is 0 Å². The van der Waals surface area contributed by atoms with E-state index in [1.165, 1.54) is 4.88 Å². The molecular formula is C10H9F3N2S2. The summed E-state index contributed by atoms with van der Waals surface area (Å²) in [5, 5.41) is 5.18. The molecule has 0 saturated heterocycles. The predicted molar refractivity (Wildman–Crippen MR) is 63.6 cm³/mol. The van der Waals surface area contributed by atoms with E-state index in [1.54, 1.807) is 11.3 Å². The van der Waals surface area contributed by atoms with Gasteiger partial charge < -0.3 is 5.32 Å². The highest BCUT2D eigenvalue weighted by atomic mass is 32.1. The molecule has 1 N–H and O–H groups in total. The SMILES string of the molecule is FC(F)(F)c1cnc(NCCc2cccs2)s1. The normalized spacial score (nSPS) is 11.7. The maximum Gasteiger partial charge on any atom is 0.427 e. The molecule has 17 heavy (non-hydrogen) atoms. The van der Waals surface area contributed by atoms with Gasteiger partial charge in [0.2, 0.25) is 0 Å². The van der Waals surface area contributed by atoms with Crippen LogP contribution in [0.3, 0.4) is 0 Å². The zero-order valence-electron chi connectivity index (χ0n) is 8.62. The van der Waals surface area contributed by atoms with Crippen molar-refractivity contribution in [2.45, 2.75) is 12.6 Å². The third-order valence-electron chi connectivity index (χ3n) is 2.01. The van der Waals surface area contributed by atoms with Gasteiger partial charge in [0.15, 0.2) is 5.13 Å². The Hall–Kier alpha value is -1.08. The Morgan fingerprint density at radius 1 is 1.35 bits per heavy atom. The Balaban J connectivity index is 1.85. The molecule has 0 fully saturated rings. The second-order valence-electron chi connectivity index (χ2n) is 3.28. The first kappa shape index (κ1) is 12.4. The molecular weight excluding hydrogens is 269 g/mol. The van der Waals surface area contributed by atoms with Crippen LogP contribution in [-0.2, 0) is 12.6 Å². The summed E-state index contributed by atoms with van der Waals surface area (Å²) in [4.78, 5) is 4.22. The quantitative estimate of drug-likeness (QED) is 0.918. The second-order valence-corrected chi connectivity index (χ2v) is 5.35. The van der Waals surface area contributed by atoms with Gasteiger partial charge >= 0.3 is 6.18 Å². The molecule has 0 amide bonds. The molecule has 0 aliphatic carbocycles. The van der Waals surface area contributed by atoms with Crippen LogP contribution in [0.25, 0.3) is 0 Å². The molecule has 2 aromatic heterocycles. The zero-order valence-corrected chi connectivity index (χ0v) is 10.3. The average Bonchev–Trinajstić information content (AvgIpc) is 2.86. The minimum absolute atomic E-state index is 0.314. The van der Waals surface area contributed by atoms with Crippen LogP contribution >= 0.6 is 22.7 Å². The van der Waals surface area contributed by atoms with E-state index < -0.39 is 11.1 Å². The third kappa shape index (κ3) is 3.44. The summed E-state index contributed by atoms with van der Waals surface area (Å²) >= 11 is 2.26. The van der Waals surface area contributed by atoms with Crippen molar-refractivity contribution in [2.75, 3.05) is 11.9 Å². The topological polar surface area (TPSA) is 24.9 Å². The number of anilines is 1. The van der Waals surface area contributed by atoms with E-state index in [-0.39, 0.29) is 0 Å². The number of halogens is 3. The fourth-order valence-electron chi connectivity index (χ4n) is 1.23. The fraction of sp³-hybridized carbons (Fsp3) is 0.300.